The molecular formula is C29H40F3N3O4. The third kappa shape index (κ3) is 6.88. The predicted molar refractivity (Wildman–Crippen MR) is 139 cm³/mol. The number of carbonyl (C=O) groups excluding carboxylic acids is 2. The van der Waals surface area contributed by atoms with Gasteiger partial charge in [-0.3, -0.25) is 9.69 Å². The minimum atomic E-state index is -4.33. The normalized spacial score (nSPS) is 27.6. The SMILES string of the molecule is CN(CC1CCCO1)C(=O)[C@H]1CC[C@H](CN2CC3(CCN(Cc4ccc(C(F)(F)F)cc4)CC3)OC2=O)CC1. The molecule has 1 spiro atoms. The molecule has 4 aliphatic rings. The number of nitrogens with zero attached hydrogens (tertiary/aromatic N) is 3. The summed E-state index contributed by atoms with van der Waals surface area (Å²) in [7, 11) is 1.88. The predicted octanol–water partition coefficient (Wildman–Crippen LogP) is 4.94. The van der Waals surface area contributed by atoms with Crippen molar-refractivity contribution in [1.82, 2.24) is 14.7 Å². The van der Waals surface area contributed by atoms with Crippen molar-refractivity contribution in [2.75, 3.05) is 46.4 Å². The van der Waals surface area contributed by atoms with Crippen molar-refractivity contribution >= 4 is 12.0 Å². The smallest absolute Gasteiger partial charge is 0.416 e. The molecule has 0 radical (unpaired) electrons. The topological polar surface area (TPSA) is 62.3 Å². The molecule has 1 saturated carbocycles. The lowest BCUT2D eigenvalue weighted by atomic mass is 9.81. The summed E-state index contributed by atoms with van der Waals surface area (Å²) in [6, 6.07) is 5.33. The van der Waals surface area contributed by atoms with Crippen LogP contribution in [0.25, 0.3) is 0 Å². The standard InChI is InChI=1S/C29H40F3N3O4/c1-33(19-25-3-2-16-38-25)26(36)23-8-4-22(5-9-23)18-35-20-28(39-27(35)37)12-14-34(15-13-28)17-21-6-10-24(11-7-21)29(30,31)32/h6-7,10-11,22-23,25H,2-5,8-9,12-20H2,1H3/t22-,23-,25?. The Morgan fingerprint density at radius 3 is 2.38 bits per heavy atom. The maximum Gasteiger partial charge on any atom is 0.416 e. The highest BCUT2D eigenvalue weighted by atomic mass is 19.4. The van der Waals surface area contributed by atoms with Crippen molar-refractivity contribution in [2.24, 2.45) is 11.8 Å². The second kappa shape index (κ2) is 11.6. The van der Waals surface area contributed by atoms with Gasteiger partial charge in [0.25, 0.3) is 0 Å². The van der Waals surface area contributed by atoms with Crippen LogP contribution in [0.4, 0.5) is 18.0 Å². The van der Waals surface area contributed by atoms with Gasteiger partial charge < -0.3 is 19.3 Å². The van der Waals surface area contributed by atoms with Gasteiger partial charge in [-0.25, -0.2) is 4.79 Å². The van der Waals surface area contributed by atoms with E-state index in [-0.39, 0.29) is 24.0 Å². The number of likely N-dealkylation sites (N-methyl/N-ethyl adjacent to an activating group) is 1. The van der Waals surface area contributed by atoms with Crippen molar-refractivity contribution < 1.29 is 32.2 Å². The summed E-state index contributed by atoms with van der Waals surface area (Å²) in [5.41, 5.74) is -0.272. The summed E-state index contributed by atoms with van der Waals surface area (Å²) in [6.45, 7) is 4.76. The molecule has 216 valence electrons. The second-order valence-electron chi connectivity index (χ2n) is 12.0. The van der Waals surface area contributed by atoms with Crippen LogP contribution in [0.15, 0.2) is 24.3 Å². The van der Waals surface area contributed by atoms with Gasteiger partial charge in [0.15, 0.2) is 0 Å². The first kappa shape index (κ1) is 28.2. The van der Waals surface area contributed by atoms with E-state index in [9.17, 15) is 22.8 Å². The number of halogens is 3. The van der Waals surface area contributed by atoms with E-state index in [4.69, 9.17) is 9.47 Å². The highest BCUT2D eigenvalue weighted by Crippen LogP contribution is 2.37. The summed E-state index contributed by atoms with van der Waals surface area (Å²) in [5, 5.41) is 0. The second-order valence-corrected chi connectivity index (χ2v) is 12.0. The van der Waals surface area contributed by atoms with Crippen LogP contribution < -0.4 is 0 Å². The van der Waals surface area contributed by atoms with Gasteiger partial charge in [-0.1, -0.05) is 12.1 Å². The number of amides is 2. The largest absolute Gasteiger partial charge is 0.441 e. The zero-order chi connectivity index (χ0) is 27.6. The van der Waals surface area contributed by atoms with Crippen molar-refractivity contribution in [2.45, 2.75) is 75.8 Å². The van der Waals surface area contributed by atoms with Crippen molar-refractivity contribution in [3.8, 4) is 0 Å². The Balaban J connectivity index is 1.04. The Labute approximate surface area is 228 Å². The molecule has 1 atom stereocenters. The molecule has 3 saturated heterocycles. The number of ether oxygens (including phenoxy) is 2. The van der Waals surface area contributed by atoms with Crippen molar-refractivity contribution in [1.29, 1.82) is 0 Å². The number of likely N-dealkylation sites (tertiary alicyclic amines) is 1. The van der Waals surface area contributed by atoms with E-state index < -0.39 is 17.3 Å². The molecule has 1 aromatic rings. The monoisotopic (exact) mass is 551 g/mol. The van der Waals surface area contributed by atoms with Gasteiger partial charge in [0, 0.05) is 65.1 Å². The molecule has 3 heterocycles. The zero-order valence-electron chi connectivity index (χ0n) is 22.8. The average molecular weight is 552 g/mol. The van der Waals surface area contributed by atoms with Crippen molar-refractivity contribution in [3.05, 3.63) is 35.4 Å². The van der Waals surface area contributed by atoms with E-state index in [0.29, 0.717) is 44.9 Å². The molecule has 1 unspecified atom stereocenters. The highest BCUT2D eigenvalue weighted by molar-refractivity contribution is 5.78. The van der Waals surface area contributed by atoms with E-state index in [1.54, 1.807) is 0 Å². The maximum absolute atomic E-state index is 12.9. The third-order valence-corrected chi connectivity index (χ3v) is 9.05. The van der Waals surface area contributed by atoms with E-state index >= 15 is 0 Å². The summed E-state index contributed by atoms with van der Waals surface area (Å²) in [6.07, 6.45) is 2.69. The quantitative estimate of drug-likeness (QED) is 0.481. The average Bonchev–Trinajstić information content (AvgIpc) is 3.53. The minimum absolute atomic E-state index is 0.0542. The van der Waals surface area contributed by atoms with Gasteiger partial charge in [-0.2, -0.15) is 13.2 Å². The molecule has 0 bridgehead atoms. The van der Waals surface area contributed by atoms with E-state index in [1.165, 1.54) is 12.1 Å². The number of hydrogen-bond donors (Lipinski definition) is 0. The fourth-order valence-corrected chi connectivity index (χ4v) is 6.67. The number of carbonyl (C=O) groups is 2. The molecular weight excluding hydrogens is 511 g/mol. The van der Waals surface area contributed by atoms with Crippen LogP contribution in [0, 0.1) is 11.8 Å². The summed E-state index contributed by atoms with van der Waals surface area (Å²) >= 11 is 0. The van der Waals surface area contributed by atoms with Crippen LogP contribution in [-0.4, -0.2) is 84.8 Å². The van der Waals surface area contributed by atoms with Crippen LogP contribution in [0.2, 0.25) is 0 Å². The van der Waals surface area contributed by atoms with E-state index in [2.05, 4.69) is 4.90 Å². The highest BCUT2D eigenvalue weighted by Gasteiger charge is 2.47. The number of piperidine rings is 1. The van der Waals surface area contributed by atoms with Crippen LogP contribution in [-0.2, 0) is 27.0 Å². The van der Waals surface area contributed by atoms with Gasteiger partial charge in [0.2, 0.25) is 5.91 Å². The van der Waals surface area contributed by atoms with Gasteiger partial charge in [-0.15, -0.1) is 0 Å². The van der Waals surface area contributed by atoms with Crippen LogP contribution in [0.3, 0.4) is 0 Å². The lowest BCUT2D eigenvalue weighted by Crippen LogP contribution is -2.47. The molecule has 7 nitrogen and oxygen atoms in total. The van der Waals surface area contributed by atoms with Crippen LogP contribution >= 0.6 is 0 Å². The molecule has 1 aliphatic carbocycles. The Morgan fingerprint density at radius 2 is 1.77 bits per heavy atom. The Bertz CT molecular complexity index is 996. The first-order valence-electron chi connectivity index (χ1n) is 14.3. The number of benzene rings is 1. The van der Waals surface area contributed by atoms with Gasteiger partial charge in [-0.05, 0) is 62.1 Å². The van der Waals surface area contributed by atoms with Crippen molar-refractivity contribution in [3.63, 3.8) is 0 Å². The van der Waals surface area contributed by atoms with E-state index in [1.807, 2.05) is 16.8 Å². The molecule has 2 amide bonds. The first-order chi connectivity index (χ1) is 18.6. The zero-order valence-corrected chi connectivity index (χ0v) is 22.8. The summed E-state index contributed by atoms with van der Waals surface area (Å²) in [4.78, 5) is 31.6. The lowest BCUT2D eigenvalue weighted by Gasteiger charge is -2.37. The van der Waals surface area contributed by atoms with Crippen LogP contribution in [0.1, 0.15) is 62.5 Å². The van der Waals surface area contributed by atoms with Gasteiger partial charge in [0.05, 0.1) is 18.2 Å². The molecule has 4 fully saturated rings. The Kier molecular flexibility index (Phi) is 8.42. The third-order valence-electron chi connectivity index (χ3n) is 9.05. The molecule has 5 rings (SSSR count). The van der Waals surface area contributed by atoms with Crippen LogP contribution in [0.5, 0.6) is 0 Å². The van der Waals surface area contributed by atoms with Gasteiger partial charge >= 0.3 is 12.3 Å². The Morgan fingerprint density at radius 1 is 1.08 bits per heavy atom. The fourth-order valence-electron chi connectivity index (χ4n) is 6.67. The summed E-state index contributed by atoms with van der Waals surface area (Å²) in [5.74, 6) is 0.644. The molecule has 3 aliphatic heterocycles. The lowest BCUT2D eigenvalue weighted by molar-refractivity contribution is -0.138. The molecule has 1 aromatic carbocycles. The molecule has 10 heteroatoms. The first-order valence-corrected chi connectivity index (χ1v) is 14.3. The number of hydrogen-bond acceptors (Lipinski definition) is 5. The molecule has 0 N–H and O–H groups in total. The van der Waals surface area contributed by atoms with Gasteiger partial charge in [0.1, 0.15) is 5.60 Å². The molecule has 39 heavy (non-hydrogen) atoms. The molecule has 0 aromatic heterocycles. The van der Waals surface area contributed by atoms with E-state index in [0.717, 1.165) is 75.9 Å². The summed E-state index contributed by atoms with van der Waals surface area (Å²) < 4.78 is 50.1. The Hall–Kier alpha value is -2.33. The number of rotatable bonds is 7. The maximum atomic E-state index is 12.9. The minimum Gasteiger partial charge on any atom is -0.441 e. The fraction of sp³-hybridized carbons (Fsp3) is 0.724. The number of alkyl halides is 3.